The fraction of sp³-hybridized carbons (Fsp3) is 0.776. The summed E-state index contributed by atoms with van der Waals surface area (Å²) in [5, 5.41) is 0. The molecule has 0 heterocycles. The molecule has 0 radical (unpaired) electrons. The van der Waals surface area contributed by atoms with E-state index in [4.69, 9.17) is 14.2 Å². The number of carbonyl (C=O) groups is 3. The second-order valence-corrected chi connectivity index (χ2v) is 23.8. The first-order valence-electron chi connectivity index (χ1n) is 35.6. The normalized spacial score (nSPS) is 12.6. The lowest BCUT2D eigenvalue weighted by Crippen LogP contribution is -2.30. The van der Waals surface area contributed by atoms with Gasteiger partial charge in [0, 0.05) is 19.3 Å². The maximum absolute atomic E-state index is 13.0. The highest BCUT2D eigenvalue weighted by atomic mass is 16.6. The van der Waals surface area contributed by atoms with Crippen LogP contribution in [0.25, 0.3) is 0 Å². The van der Waals surface area contributed by atoms with Crippen LogP contribution in [0.3, 0.4) is 0 Å². The van der Waals surface area contributed by atoms with Gasteiger partial charge in [0.25, 0.3) is 0 Å². The summed E-state index contributed by atoms with van der Waals surface area (Å²) < 4.78 is 17.0. The van der Waals surface area contributed by atoms with E-state index >= 15 is 0 Å². The average molecular weight is 1140 g/mol. The molecule has 0 saturated heterocycles. The van der Waals surface area contributed by atoms with E-state index in [1.807, 2.05) is 0 Å². The third-order valence-corrected chi connectivity index (χ3v) is 15.6. The maximum atomic E-state index is 13.0. The summed E-state index contributed by atoms with van der Waals surface area (Å²) in [4.78, 5) is 38.5. The van der Waals surface area contributed by atoms with E-state index in [0.717, 1.165) is 109 Å². The minimum atomic E-state index is -0.787. The average Bonchev–Trinajstić information content (AvgIpc) is 3.47. The van der Waals surface area contributed by atoms with Crippen molar-refractivity contribution in [2.75, 3.05) is 13.2 Å². The van der Waals surface area contributed by atoms with Crippen molar-refractivity contribution in [1.82, 2.24) is 0 Å². The molecule has 0 N–H and O–H groups in total. The van der Waals surface area contributed by atoms with Gasteiger partial charge in [0.1, 0.15) is 13.2 Å². The first-order chi connectivity index (χ1) is 40.5. The second kappa shape index (κ2) is 70.1. The smallest absolute Gasteiger partial charge is 0.306 e. The molecule has 0 bridgehead atoms. The van der Waals surface area contributed by atoms with Crippen molar-refractivity contribution < 1.29 is 28.6 Å². The number of hydrogen-bond donors (Lipinski definition) is 0. The summed E-state index contributed by atoms with van der Waals surface area (Å²) in [7, 11) is 0. The molecule has 0 fully saturated rings. The minimum Gasteiger partial charge on any atom is -0.462 e. The molecule has 0 aliphatic rings. The molecule has 0 amide bonds. The molecule has 82 heavy (non-hydrogen) atoms. The molecule has 0 aromatic carbocycles. The molecule has 0 aromatic heterocycles. The summed E-state index contributed by atoms with van der Waals surface area (Å²) in [6, 6.07) is 0. The molecular weight excluding hydrogens is 1010 g/mol. The fourth-order valence-corrected chi connectivity index (χ4v) is 10.3. The Morgan fingerprint density at radius 2 is 0.476 bits per heavy atom. The van der Waals surface area contributed by atoms with Crippen LogP contribution in [0.15, 0.2) is 85.1 Å². The highest BCUT2D eigenvalue weighted by Crippen LogP contribution is 2.18. The Morgan fingerprint density at radius 3 is 0.744 bits per heavy atom. The predicted octanol–water partition coefficient (Wildman–Crippen LogP) is 24.6. The zero-order valence-corrected chi connectivity index (χ0v) is 54.5. The maximum Gasteiger partial charge on any atom is 0.306 e. The number of allylic oxidation sites excluding steroid dienone is 14. The van der Waals surface area contributed by atoms with E-state index in [2.05, 4.69) is 106 Å². The van der Waals surface area contributed by atoms with Gasteiger partial charge in [-0.1, -0.05) is 331 Å². The molecule has 0 saturated carbocycles. The van der Waals surface area contributed by atoms with Gasteiger partial charge < -0.3 is 14.2 Å². The van der Waals surface area contributed by atoms with Crippen LogP contribution >= 0.6 is 0 Å². The first-order valence-corrected chi connectivity index (χ1v) is 35.6. The highest BCUT2D eigenvalue weighted by molar-refractivity contribution is 5.71. The molecule has 0 aromatic rings. The van der Waals surface area contributed by atoms with Crippen molar-refractivity contribution in [3.8, 4) is 0 Å². The zero-order chi connectivity index (χ0) is 59.2. The van der Waals surface area contributed by atoms with Crippen LogP contribution < -0.4 is 0 Å². The monoisotopic (exact) mass is 1140 g/mol. The van der Waals surface area contributed by atoms with Gasteiger partial charge in [0.05, 0.1) is 0 Å². The topological polar surface area (TPSA) is 78.9 Å². The number of rotatable bonds is 65. The number of unbranched alkanes of at least 4 members (excludes halogenated alkanes) is 40. The lowest BCUT2D eigenvalue weighted by molar-refractivity contribution is -0.167. The highest BCUT2D eigenvalue weighted by Gasteiger charge is 2.19. The van der Waals surface area contributed by atoms with Crippen LogP contribution in [0.4, 0.5) is 0 Å². The van der Waals surface area contributed by atoms with Crippen LogP contribution in [0, 0.1) is 0 Å². The van der Waals surface area contributed by atoms with Crippen LogP contribution in [-0.2, 0) is 28.6 Å². The van der Waals surface area contributed by atoms with Crippen molar-refractivity contribution in [1.29, 1.82) is 0 Å². The molecule has 6 heteroatoms. The van der Waals surface area contributed by atoms with Crippen LogP contribution in [0.2, 0.25) is 0 Å². The Balaban J connectivity index is 4.39. The first kappa shape index (κ1) is 78.6. The summed E-state index contributed by atoms with van der Waals surface area (Å²) in [5.74, 6) is -0.876. The van der Waals surface area contributed by atoms with Crippen molar-refractivity contribution in [2.45, 2.75) is 367 Å². The molecule has 0 rings (SSSR count). The second-order valence-electron chi connectivity index (χ2n) is 23.8. The van der Waals surface area contributed by atoms with E-state index in [9.17, 15) is 14.4 Å². The summed E-state index contributed by atoms with van der Waals surface area (Å²) >= 11 is 0. The Bertz CT molecular complexity index is 1550. The van der Waals surface area contributed by atoms with E-state index in [1.54, 1.807) is 0 Å². The molecule has 0 aliphatic carbocycles. The third-order valence-electron chi connectivity index (χ3n) is 15.6. The fourth-order valence-electron chi connectivity index (χ4n) is 10.3. The van der Waals surface area contributed by atoms with Gasteiger partial charge in [-0.05, 0) is 96.3 Å². The lowest BCUT2D eigenvalue weighted by atomic mass is 10.0. The Kier molecular flexibility index (Phi) is 67.2. The van der Waals surface area contributed by atoms with Crippen LogP contribution in [0.1, 0.15) is 361 Å². The number of carbonyl (C=O) groups excluding carboxylic acids is 3. The molecule has 1 unspecified atom stereocenters. The summed E-state index contributed by atoms with van der Waals surface area (Å²) in [6.45, 7) is 6.56. The van der Waals surface area contributed by atoms with Crippen molar-refractivity contribution in [2.24, 2.45) is 0 Å². The minimum absolute atomic E-state index is 0.0796. The van der Waals surface area contributed by atoms with Gasteiger partial charge in [0.15, 0.2) is 6.10 Å². The van der Waals surface area contributed by atoms with E-state index in [-0.39, 0.29) is 31.1 Å². The quantitative estimate of drug-likeness (QED) is 0.0261. The van der Waals surface area contributed by atoms with Crippen LogP contribution in [-0.4, -0.2) is 37.2 Å². The third kappa shape index (κ3) is 67.4. The van der Waals surface area contributed by atoms with Crippen molar-refractivity contribution in [3.05, 3.63) is 85.1 Å². The molecule has 0 spiro atoms. The lowest BCUT2D eigenvalue weighted by Gasteiger charge is -2.18. The van der Waals surface area contributed by atoms with E-state index in [0.29, 0.717) is 19.3 Å². The van der Waals surface area contributed by atoms with E-state index < -0.39 is 6.10 Å². The Labute approximate surface area is 509 Å². The summed E-state index contributed by atoms with van der Waals surface area (Å²) in [6.07, 6.45) is 93.1. The molecule has 6 nitrogen and oxygen atoms in total. The number of hydrogen-bond acceptors (Lipinski definition) is 6. The molecule has 1 atom stereocenters. The SMILES string of the molecule is CC/C=C\C/C=C\C/C=C\C/C=C\CCCCCCCCCCCCC(=O)OCC(COC(=O)CCCCCCCCCCCCCCCCCCCCCC)OC(=O)CCCCCCCC/C=C\C/C=C\C/C=C\CCCCCCC. The van der Waals surface area contributed by atoms with Crippen molar-refractivity contribution in [3.63, 3.8) is 0 Å². The van der Waals surface area contributed by atoms with Gasteiger partial charge in [-0.15, -0.1) is 0 Å². The van der Waals surface area contributed by atoms with Gasteiger partial charge in [-0.3, -0.25) is 14.4 Å². The Morgan fingerprint density at radius 1 is 0.256 bits per heavy atom. The van der Waals surface area contributed by atoms with Gasteiger partial charge in [-0.25, -0.2) is 0 Å². The van der Waals surface area contributed by atoms with Crippen LogP contribution in [0.5, 0.6) is 0 Å². The largest absolute Gasteiger partial charge is 0.462 e. The standard InChI is InChI=1S/C76H134O6/c1-4-7-10-13-16-19-22-25-28-31-34-37-38-40-42-45-48-51-54-57-60-63-66-69-75(78)81-72-73(71-80-74(77)68-65-62-59-56-53-50-47-44-41-36-33-30-27-24-21-18-15-12-9-6-3)82-76(79)70-67-64-61-58-55-52-49-46-43-39-35-32-29-26-23-20-17-14-11-8-5-2/h7,10,16,19,23,25-26,28,32,34-35,37,43,46,73H,4-6,8-9,11-15,17-18,20-22,24,27,29-31,33,36,38-42,44-45,47-72H2,1-3H3/b10-7-,19-16-,26-23-,28-25-,35-32-,37-34-,46-43-. The molecule has 0 aliphatic heterocycles. The zero-order valence-electron chi connectivity index (χ0n) is 54.5. The number of esters is 3. The van der Waals surface area contributed by atoms with E-state index in [1.165, 1.54) is 212 Å². The van der Waals surface area contributed by atoms with Gasteiger partial charge in [-0.2, -0.15) is 0 Å². The molecule has 474 valence electrons. The number of ether oxygens (including phenoxy) is 3. The van der Waals surface area contributed by atoms with Crippen molar-refractivity contribution >= 4 is 17.9 Å². The Hall–Kier alpha value is -3.41. The predicted molar refractivity (Wildman–Crippen MR) is 358 cm³/mol. The molecular formula is C76H134O6. The van der Waals surface area contributed by atoms with Gasteiger partial charge >= 0.3 is 17.9 Å². The van der Waals surface area contributed by atoms with Gasteiger partial charge in [0.2, 0.25) is 0 Å². The summed E-state index contributed by atoms with van der Waals surface area (Å²) in [5.41, 5.74) is 0.